The standard InChI is InChI=1S/C18H25F2N3S/c1-12-7-8-15(10-16(12)18(3,19)20)22-17(24)21-13(2)14-6-5-9-23(4)11-14/h7-8,10,14H,2,5-6,9,11H2,1,3-4H3,(H2,21,22,24). The van der Waals surface area contributed by atoms with Crippen LogP contribution in [0.2, 0.25) is 0 Å². The van der Waals surface area contributed by atoms with Crippen LogP contribution in [0.1, 0.15) is 30.9 Å². The number of piperidine rings is 1. The van der Waals surface area contributed by atoms with Crippen molar-refractivity contribution in [2.75, 3.05) is 25.5 Å². The molecule has 0 aliphatic carbocycles. The topological polar surface area (TPSA) is 27.3 Å². The summed E-state index contributed by atoms with van der Waals surface area (Å²) in [6, 6.07) is 4.86. The van der Waals surface area contributed by atoms with Gasteiger partial charge in [-0.15, -0.1) is 0 Å². The van der Waals surface area contributed by atoms with Gasteiger partial charge in [0, 0.05) is 36.3 Å². The van der Waals surface area contributed by atoms with Crippen molar-refractivity contribution in [3.8, 4) is 0 Å². The first-order chi connectivity index (χ1) is 11.2. The third-order valence-electron chi connectivity index (χ3n) is 4.36. The van der Waals surface area contributed by atoms with Crippen molar-refractivity contribution in [3.63, 3.8) is 0 Å². The number of halogens is 2. The average molecular weight is 353 g/mol. The Balaban J connectivity index is 1.98. The smallest absolute Gasteiger partial charge is 0.270 e. The maximum absolute atomic E-state index is 13.6. The Labute approximate surface area is 148 Å². The highest BCUT2D eigenvalue weighted by Crippen LogP contribution is 2.31. The van der Waals surface area contributed by atoms with Gasteiger partial charge in [0.2, 0.25) is 0 Å². The van der Waals surface area contributed by atoms with E-state index in [1.165, 1.54) is 6.07 Å². The first kappa shape index (κ1) is 18.8. The summed E-state index contributed by atoms with van der Waals surface area (Å²) in [4.78, 5) is 2.27. The Morgan fingerprint density at radius 1 is 1.42 bits per heavy atom. The lowest BCUT2D eigenvalue weighted by Crippen LogP contribution is -2.38. The van der Waals surface area contributed by atoms with Crippen LogP contribution >= 0.6 is 12.2 Å². The van der Waals surface area contributed by atoms with E-state index in [0.717, 1.165) is 38.6 Å². The number of anilines is 1. The van der Waals surface area contributed by atoms with Gasteiger partial charge < -0.3 is 15.5 Å². The van der Waals surface area contributed by atoms with Crippen LogP contribution < -0.4 is 10.6 Å². The summed E-state index contributed by atoms with van der Waals surface area (Å²) in [6.45, 7) is 8.71. The van der Waals surface area contributed by atoms with Gasteiger partial charge in [-0.1, -0.05) is 12.6 Å². The largest absolute Gasteiger partial charge is 0.336 e. The number of alkyl halides is 2. The summed E-state index contributed by atoms with van der Waals surface area (Å²) in [7, 11) is 2.09. The molecule has 1 fully saturated rings. The van der Waals surface area contributed by atoms with Crippen LogP contribution in [-0.2, 0) is 5.92 Å². The molecular formula is C18H25F2N3S. The number of hydrogen-bond donors (Lipinski definition) is 2. The molecule has 1 heterocycles. The minimum absolute atomic E-state index is 0.00281. The fourth-order valence-electron chi connectivity index (χ4n) is 3.03. The lowest BCUT2D eigenvalue weighted by molar-refractivity contribution is 0.0169. The van der Waals surface area contributed by atoms with Crippen LogP contribution in [-0.4, -0.2) is 30.1 Å². The van der Waals surface area contributed by atoms with Gasteiger partial charge in [-0.25, -0.2) is 8.78 Å². The third kappa shape index (κ3) is 4.98. The molecule has 2 N–H and O–H groups in total. The van der Waals surface area contributed by atoms with E-state index in [2.05, 4.69) is 29.2 Å². The second kappa shape index (κ2) is 7.57. The van der Waals surface area contributed by atoms with Crippen LogP contribution in [0.5, 0.6) is 0 Å². The molecule has 6 heteroatoms. The number of nitrogens with one attached hydrogen (secondary N) is 2. The molecule has 1 aliphatic rings. The molecule has 3 nitrogen and oxygen atoms in total. The maximum atomic E-state index is 13.6. The molecule has 1 atom stereocenters. The Morgan fingerprint density at radius 3 is 2.75 bits per heavy atom. The number of aryl methyl sites for hydroxylation is 1. The van der Waals surface area contributed by atoms with E-state index < -0.39 is 5.92 Å². The van der Waals surface area contributed by atoms with Crippen LogP contribution in [0.3, 0.4) is 0 Å². The third-order valence-corrected chi connectivity index (χ3v) is 4.56. The Bertz CT molecular complexity index is 625. The zero-order chi connectivity index (χ0) is 17.9. The van der Waals surface area contributed by atoms with Gasteiger partial charge in [0.05, 0.1) is 0 Å². The summed E-state index contributed by atoms with van der Waals surface area (Å²) in [5, 5.41) is 6.46. The number of hydrogen-bond acceptors (Lipinski definition) is 2. The van der Waals surface area contributed by atoms with E-state index in [0.29, 0.717) is 22.3 Å². The maximum Gasteiger partial charge on any atom is 0.270 e. The minimum atomic E-state index is -2.88. The van der Waals surface area contributed by atoms with Crippen LogP contribution in [0, 0.1) is 12.8 Å². The molecule has 0 amide bonds. The number of nitrogens with zero attached hydrogens (tertiary/aromatic N) is 1. The van der Waals surface area contributed by atoms with Crippen LogP contribution in [0.4, 0.5) is 14.5 Å². The summed E-state index contributed by atoms with van der Waals surface area (Å²) in [5.41, 5.74) is 1.97. The van der Waals surface area contributed by atoms with Crippen molar-refractivity contribution in [3.05, 3.63) is 41.6 Å². The fraction of sp³-hybridized carbons (Fsp3) is 0.500. The number of rotatable bonds is 4. The molecule has 132 valence electrons. The Kier molecular flexibility index (Phi) is 5.93. The molecule has 1 unspecified atom stereocenters. The summed E-state index contributed by atoms with van der Waals surface area (Å²) >= 11 is 5.30. The predicted octanol–water partition coefficient (Wildman–Crippen LogP) is 4.25. The summed E-state index contributed by atoms with van der Waals surface area (Å²) in [6.07, 6.45) is 2.21. The van der Waals surface area contributed by atoms with Gasteiger partial charge in [0.15, 0.2) is 5.11 Å². The summed E-state index contributed by atoms with van der Waals surface area (Å²) in [5.74, 6) is -2.54. The van der Waals surface area contributed by atoms with Crippen molar-refractivity contribution >= 4 is 23.0 Å². The molecule has 0 bridgehead atoms. The normalized spacial score (nSPS) is 19.0. The van der Waals surface area contributed by atoms with E-state index in [1.54, 1.807) is 19.1 Å². The van der Waals surface area contributed by atoms with Crippen molar-refractivity contribution in [1.29, 1.82) is 0 Å². The van der Waals surface area contributed by atoms with Crippen molar-refractivity contribution in [2.45, 2.75) is 32.6 Å². The molecular weight excluding hydrogens is 328 g/mol. The van der Waals surface area contributed by atoms with Crippen molar-refractivity contribution < 1.29 is 8.78 Å². The zero-order valence-electron chi connectivity index (χ0n) is 14.5. The lowest BCUT2D eigenvalue weighted by atomic mass is 9.96. The van der Waals surface area contributed by atoms with E-state index in [4.69, 9.17) is 12.2 Å². The molecule has 1 aromatic rings. The lowest BCUT2D eigenvalue weighted by Gasteiger charge is -2.31. The van der Waals surface area contributed by atoms with Gasteiger partial charge in [-0.05, 0) is 63.3 Å². The van der Waals surface area contributed by atoms with Crippen LogP contribution in [0.25, 0.3) is 0 Å². The van der Waals surface area contributed by atoms with Gasteiger partial charge in [0.1, 0.15) is 0 Å². The van der Waals surface area contributed by atoms with Gasteiger partial charge in [-0.2, -0.15) is 0 Å². The Hall–Kier alpha value is -1.53. The summed E-state index contributed by atoms with van der Waals surface area (Å²) < 4.78 is 27.3. The first-order valence-electron chi connectivity index (χ1n) is 8.11. The van der Waals surface area contributed by atoms with Gasteiger partial charge >= 0.3 is 0 Å². The molecule has 1 aliphatic heterocycles. The molecule has 0 spiro atoms. The van der Waals surface area contributed by atoms with E-state index in [-0.39, 0.29) is 5.56 Å². The molecule has 1 aromatic carbocycles. The molecule has 0 radical (unpaired) electrons. The minimum Gasteiger partial charge on any atom is -0.336 e. The highest BCUT2D eigenvalue weighted by Gasteiger charge is 2.26. The van der Waals surface area contributed by atoms with Gasteiger partial charge in [-0.3, -0.25) is 0 Å². The van der Waals surface area contributed by atoms with Gasteiger partial charge in [0.25, 0.3) is 5.92 Å². The Morgan fingerprint density at radius 2 is 2.12 bits per heavy atom. The number of thiocarbonyl (C=S) groups is 1. The second-order valence-electron chi connectivity index (χ2n) is 6.62. The predicted molar refractivity (Wildman–Crippen MR) is 99.5 cm³/mol. The highest BCUT2D eigenvalue weighted by molar-refractivity contribution is 7.80. The zero-order valence-corrected chi connectivity index (χ0v) is 15.3. The van der Waals surface area contributed by atoms with E-state index in [9.17, 15) is 8.78 Å². The molecule has 2 rings (SSSR count). The highest BCUT2D eigenvalue weighted by atomic mass is 32.1. The quantitative estimate of drug-likeness (QED) is 0.792. The first-order valence-corrected chi connectivity index (χ1v) is 8.52. The van der Waals surface area contributed by atoms with Crippen molar-refractivity contribution in [2.24, 2.45) is 5.92 Å². The fourth-order valence-corrected chi connectivity index (χ4v) is 3.28. The van der Waals surface area contributed by atoms with Crippen LogP contribution in [0.15, 0.2) is 30.5 Å². The molecule has 0 aromatic heterocycles. The van der Waals surface area contributed by atoms with E-state index >= 15 is 0 Å². The van der Waals surface area contributed by atoms with E-state index in [1.807, 2.05) is 0 Å². The second-order valence-corrected chi connectivity index (χ2v) is 7.03. The molecule has 24 heavy (non-hydrogen) atoms. The monoisotopic (exact) mass is 353 g/mol. The van der Waals surface area contributed by atoms with Crippen molar-refractivity contribution in [1.82, 2.24) is 10.2 Å². The SMILES string of the molecule is C=C(NC(=S)Nc1ccc(C)c(C(C)(F)F)c1)C1CCCN(C)C1. The molecule has 1 saturated heterocycles. The molecule has 0 saturated carbocycles. The average Bonchev–Trinajstić information content (AvgIpc) is 2.48. The number of benzene rings is 1. The number of likely N-dealkylation sites (tertiary alicyclic amines) is 1.